The molecular formula is C22H24N4O2. The summed E-state index contributed by atoms with van der Waals surface area (Å²) in [6.07, 6.45) is 11.7. The maximum Gasteiger partial charge on any atom is 0.269 e. The topological polar surface area (TPSA) is 84.0 Å². The number of nitrogens with one attached hydrogen (secondary N) is 2. The van der Waals surface area contributed by atoms with E-state index in [-0.39, 0.29) is 29.5 Å². The van der Waals surface area contributed by atoms with Gasteiger partial charge in [0.2, 0.25) is 0 Å². The van der Waals surface area contributed by atoms with Gasteiger partial charge in [0.1, 0.15) is 5.69 Å². The van der Waals surface area contributed by atoms with Crippen LogP contribution in [-0.2, 0) is 6.42 Å². The molecule has 0 saturated heterocycles. The lowest BCUT2D eigenvalue weighted by atomic mass is 9.88. The van der Waals surface area contributed by atoms with Gasteiger partial charge in [-0.1, -0.05) is 19.1 Å². The monoisotopic (exact) mass is 376 g/mol. The molecule has 0 aliphatic heterocycles. The Morgan fingerprint density at radius 1 is 1.21 bits per heavy atom. The van der Waals surface area contributed by atoms with E-state index in [2.05, 4.69) is 39.7 Å². The molecule has 1 atom stereocenters. The third-order valence-corrected chi connectivity index (χ3v) is 5.34. The molecule has 0 spiro atoms. The Kier molecular flexibility index (Phi) is 4.94. The smallest absolute Gasteiger partial charge is 0.269 e. The van der Waals surface area contributed by atoms with Crippen molar-refractivity contribution in [3.63, 3.8) is 0 Å². The van der Waals surface area contributed by atoms with Crippen LogP contribution in [0, 0.1) is 0 Å². The van der Waals surface area contributed by atoms with Crippen molar-refractivity contribution in [2.45, 2.75) is 44.6 Å². The van der Waals surface area contributed by atoms with Gasteiger partial charge in [-0.25, -0.2) is 4.98 Å². The molecule has 1 unspecified atom stereocenters. The Morgan fingerprint density at radius 3 is 2.75 bits per heavy atom. The van der Waals surface area contributed by atoms with E-state index in [1.165, 1.54) is 11.1 Å². The molecule has 2 aliphatic rings. The Labute approximate surface area is 164 Å². The number of amides is 2. The van der Waals surface area contributed by atoms with Crippen molar-refractivity contribution in [1.82, 2.24) is 20.6 Å². The van der Waals surface area contributed by atoms with Crippen LogP contribution < -0.4 is 10.6 Å². The maximum absolute atomic E-state index is 12.7. The van der Waals surface area contributed by atoms with Crippen LogP contribution in [0.4, 0.5) is 0 Å². The first-order chi connectivity index (χ1) is 13.6. The van der Waals surface area contributed by atoms with Crippen LogP contribution in [0.15, 0.2) is 30.6 Å². The molecule has 1 fully saturated rings. The number of hydrogen-bond donors (Lipinski definition) is 2. The zero-order valence-electron chi connectivity index (χ0n) is 16.2. The highest BCUT2D eigenvalue weighted by molar-refractivity contribution is 5.98. The minimum absolute atomic E-state index is 0.0396. The van der Waals surface area contributed by atoms with E-state index in [1.807, 2.05) is 18.5 Å². The molecule has 4 rings (SSSR count). The summed E-state index contributed by atoms with van der Waals surface area (Å²) in [5, 5.41) is 5.61. The highest BCUT2D eigenvalue weighted by atomic mass is 16.2. The van der Waals surface area contributed by atoms with E-state index >= 15 is 0 Å². The van der Waals surface area contributed by atoms with Gasteiger partial charge in [0.25, 0.3) is 11.8 Å². The number of nitrogens with zero attached hydrogens (tertiary/aromatic N) is 2. The Hall–Kier alpha value is -3.02. The number of pyridine rings is 2. The second kappa shape index (κ2) is 7.54. The first-order valence-corrected chi connectivity index (χ1v) is 9.79. The van der Waals surface area contributed by atoms with Crippen LogP contribution in [0.3, 0.4) is 0 Å². The molecule has 28 heavy (non-hydrogen) atoms. The molecule has 2 aromatic heterocycles. The van der Waals surface area contributed by atoms with Gasteiger partial charge in [-0.2, -0.15) is 0 Å². The minimum Gasteiger partial charge on any atom is -0.354 e. The third-order valence-electron chi connectivity index (χ3n) is 5.34. The van der Waals surface area contributed by atoms with Crippen LogP contribution in [-0.4, -0.2) is 34.9 Å². The van der Waals surface area contributed by atoms with Crippen molar-refractivity contribution < 1.29 is 9.59 Å². The first kappa shape index (κ1) is 18.3. The lowest BCUT2D eigenvalue weighted by Gasteiger charge is -2.19. The number of hydrogen-bond acceptors (Lipinski definition) is 4. The molecule has 0 aromatic carbocycles. The van der Waals surface area contributed by atoms with Gasteiger partial charge < -0.3 is 10.6 Å². The summed E-state index contributed by atoms with van der Waals surface area (Å²) >= 11 is 0. The molecule has 2 aromatic rings. The van der Waals surface area contributed by atoms with Crippen LogP contribution in [0.5, 0.6) is 0 Å². The minimum atomic E-state index is -0.298. The van der Waals surface area contributed by atoms with Crippen LogP contribution in [0.2, 0.25) is 0 Å². The summed E-state index contributed by atoms with van der Waals surface area (Å²) in [5.74, 6) is -0.488. The fourth-order valence-electron chi connectivity index (χ4n) is 3.67. The second-order valence-corrected chi connectivity index (χ2v) is 7.36. The van der Waals surface area contributed by atoms with E-state index in [9.17, 15) is 9.59 Å². The van der Waals surface area contributed by atoms with Gasteiger partial charge in [-0.05, 0) is 54.5 Å². The molecule has 0 radical (unpaired) electrons. The van der Waals surface area contributed by atoms with Crippen molar-refractivity contribution in [3.8, 4) is 0 Å². The summed E-state index contributed by atoms with van der Waals surface area (Å²) in [6.45, 7) is 2.08. The lowest BCUT2D eigenvalue weighted by molar-refractivity contribution is 0.0951. The summed E-state index contributed by atoms with van der Waals surface area (Å²) in [5.41, 5.74) is 4.92. The van der Waals surface area contributed by atoms with E-state index in [4.69, 9.17) is 0 Å². The maximum atomic E-state index is 12.7. The second-order valence-electron chi connectivity index (χ2n) is 7.36. The zero-order chi connectivity index (χ0) is 19.7. The molecular weight excluding hydrogens is 352 g/mol. The number of allylic oxidation sites excluding steroid dienone is 1. The Morgan fingerprint density at radius 2 is 2.04 bits per heavy atom. The Balaban J connectivity index is 1.78. The molecule has 0 bridgehead atoms. The largest absolute Gasteiger partial charge is 0.354 e. The van der Waals surface area contributed by atoms with Gasteiger partial charge in [0.15, 0.2) is 0 Å². The highest BCUT2D eigenvalue weighted by Crippen LogP contribution is 2.34. The molecule has 2 heterocycles. The fraction of sp³-hybridized carbons (Fsp3) is 0.364. The predicted molar refractivity (Wildman–Crippen MR) is 107 cm³/mol. The number of rotatable bonds is 6. The number of carbonyl (C=O) groups excluding carboxylic acids is 2. The average molecular weight is 376 g/mol. The summed E-state index contributed by atoms with van der Waals surface area (Å²) < 4.78 is 0. The molecule has 6 heteroatoms. The van der Waals surface area contributed by atoms with E-state index in [0.29, 0.717) is 5.56 Å². The molecule has 144 valence electrons. The SMILES string of the molecule is CCC(c1cc(C(=O)NC2CC2)cc(C(=O)NC)n1)c1cncc2c1C=CC2. The van der Waals surface area contributed by atoms with E-state index in [0.717, 1.165) is 36.9 Å². The quantitative estimate of drug-likeness (QED) is 0.812. The van der Waals surface area contributed by atoms with Crippen LogP contribution >= 0.6 is 0 Å². The van der Waals surface area contributed by atoms with Gasteiger partial charge in [-0.3, -0.25) is 14.6 Å². The molecule has 1 saturated carbocycles. The predicted octanol–water partition coefficient (Wildman–Crippen LogP) is 2.84. The average Bonchev–Trinajstić information content (AvgIpc) is 3.39. The summed E-state index contributed by atoms with van der Waals surface area (Å²) in [6, 6.07) is 3.64. The zero-order valence-corrected chi connectivity index (χ0v) is 16.2. The van der Waals surface area contributed by atoms with Crippen molar-refractivity contribution in [2.75, 3.05) is 7.05 Å². The van der Waals surface area contributed by atoms with Crippen molar-refractivity contribution >= 4 is 17.9 Å². The highest BCUT2D eigenvalue weighted by Gasteiger charge is 2.26. The Bertz CT molecular complexity index is 963. The van der Waals surface area contributed by atoms with Gasteiger partial charge in [0.05, 0.1) is 0 Å². The van der Waals surface area contributed by atoms with E-state index < -0.39 is 0 Å². The lowest BCUT2D eigenvalue weighted by Crippen LogP contribution is -2.27. The third kappa shape index (κ3) is 3.54. The van der Waals surface area contributed by atoms with Crippen LogP contribution in [0.25, 0.3) is 6.08 Å². The van der Waals surface area contributed by atoms with Gasteiger partial charge in [-0.15, -0.1) is 0 Å². The summed E-state index contributed by atoms with van der Waals surface area (Å²) in [7, 11) is 1.57. The standard InChI is InChI=1S/C22H24N4O2/c1-3-16(18-12-24-11-13-5-4-6-17(13)18)19-9-14(21(27)25-15-7-8-15)10-20(26-19)22(28)23-2/h4,6,9-12,15-16H,3,5,7-8H2,1-2H3,(H,23,28)(H,25,27). The van der Waals surface area contributed by atoms with Crippen molar-refractivity contribution in [3.05, 3.63) is 64.2 Å². The first-order valence-electron chi connectivity index (χ1n) is 9.79. The van der Waals surface area contributed by atoms with Gasteiger partial charge >= 0.3 is 0 Å². The number of aromatic nitrogens is 2. The van der Waals surface area contributed by atoms with Crippen LogP contribution in [0.1, 0.15) is 75.3 Å². The van der Waals surface area contributed by atoms with Gasteiger partial charge in [0, 0.05) is 42.7 Å². The molecule has 2 aliphatic carbocycles. The van der Waals surface area contributed by atoms with Crippen molar-refractivity contribution in [1.29, 1.82) is 0 Å². The summed E-state index contributed by atoms with van der Waals surface area (Å²) in [4.78, 5) is 33.9. The van der Waals surface area contributed by atoms with E-state index in [1.54, 1.807) is 13.1 Å². The molecule has 2 amide bonds. The normalized spacial score (nSPS) is 15.8. The molecule has 6 nitrogen and oxygen atoms in total. The number of fused-ring (bicyclic) bond motifs is 1. The molecule has 2 N–H and O–H groups in total. The number of carbonyl (C=O) groups is 2. The fourth-order valence-corrected chi connectivity index (χ4v) is 3.67. The van der Waals surface area contributed by atoms with Crippen molar-refractivity contribution in [2.24, 2.45) is 0 Å².